The molecule has 0 radical (unpaired) electrons. The molecule has 0 spiro atoms. The van der Waals surface area contributed by atoms with Gasteiger partial charge in [0.15, 0.2) is 0 Å². The highest BCUT2D eigenvalue weighted by atomic mass is 28.4. The van der Waals surface area contributed by atoms with E-state index in [1.165, 1.54) is 0 Å². The predicted octanol–water partition coefficient (Wildman–Crippen LogP) is 3.31. The van der Waals surface area contributed by atoms with Crippen molar-refractivity contribution in [1.82, 2.24) is 0 Å². The second kappa shape index (κ2) is 3.29. The maximum Gasteiger partial charge on any atom is 0.250 e. The molecule has 2 heteroatoms. The largest absolute Gasteiger partial charge is 0.543 e. The van der Waals surface area contributed by atoms with E-state index in [2.05, 4.69) is 46.2 Å². The van der Waals surface area contributed by atoms with Crippen LogP contribution in [-0.4, -0.2) is 8.32 Å². The number of hydrogen-bond acceptors (Lipinski definition) is 1. The Morgan fingerprint density at radius 3 is 2.09 bits per heavy atom. The molecule has 0 atom stereocenters. The molecule has 0 aliphatic carbocycles. The van der Waals surface area contributed by atoms with E-state index in [1.807, 2.05) is 0 Å². The van der Waals surface area contributed by atoms with Gasteiger partial charge in [-0.3, -0.25) is 0 Å². The lowest BCUT2D eigenvalue weighted by Crippen LogP contribution is -2.38. The molecule has 0 aliphatic rings. The summed E-state index contributed by atoms with van der Waals surface area (Å²) in [5, 5.41) is 0.264. The van der Waals surface area contributed by atoms with E-state index in [-0.39, 0.29) is 5.04 Å². The lowest BCUT2D eigenvalue weighted by atomic mass is 10.2. The van der Waals surface area contributed by atoms with Crippen LogP contribution in [0.5, 0.6) is 0 Å². The molecule has 0 saturated heterocycles. The predicted molar refractivity (Wildman–Crippen MR) is 52.0 cm³/mol. The molecule has 0 amide bonds. The topological polar surface area (TPSA) is 9.23 Å². The van der Waals surface area contributed by atoms with E-state index in [1.54, 1.807) is 6.26 Å². The van der Waals surface area contributed by atoms with Crippen LogP contribution in [0.3, 0.4) is 0 Å². The second-order valence-corrected chi connectivity index (χ2v) is 8.96. The fourth-order valence-electron chi connectivity index (χ4n) is 0.366. The minimum atomic E-state index is -1.58. The first-order chi connectivity index (χ1) is 4.81. The van der Waals surface area contributed by atoms with Crippen LogP contribution in [-0.2, 0) is 4.43 Å². The van der Waals surface area contributed by atoms with Crippen LogP contribution in [0.15, 0.2) is 18.6 Å². The summed E-state index contributed by atoms with van der Waals surface area (Å²) >= 11 is 0. The van der Waals surface area contributed by atoms with Crippen molar-refractivity contribution in [3.05, 3.63) is 18.6 Å². The minimum absolute atomic E-state index is 0.264. The highest BCUT2D eigenvalue weighted by Crippen LogP contribution is 2.36. The van der Waals surface area contributed by atoms with Crippen molar-refractivity contribution >= 4 is 8.32 Å². The number of hydrogen-bond donors (Lipinski definition) is 0. The molecule has 0 aromatic rings. The Labute approximate surface area is 70.9 Å². The summed E-state index contributed by atoms with van der Waals surface area (Å²) in [6, 6.07) is 0. The Hall–Kier alpha value is -0.463. The first-order valence-corrected chi connectivity index (χ1v) is 6.74. The Morgan fingerprint density at radius 2 is 1.82 bits per heavy atom. The standard InChI is InChI=1S/C9H18OSi/c1-7-8-10-11(5,6)9(2,3)4/h8H,1H2,2-6H3. The SMILES string of the molecule is C=C=CO[Si](C)(C)C(C)(C)C. The average molecular weight is 170 g/mol. The molecule has 0 aromatic carbocycles. The van der Waals surface area contributed by atoms with Gasteiger partial charge in [0.1, 0.15) is 6.26 Å². The molecule has 64 valence electrons. The van der Waals surface area contributed by atoms with Crippen LogP contribution < -0.4 is 0 Å². The molecule has 0 saturated carbocycles. The van der Waals surface area contributed by atoms with Crippen LogP contribution in [0.4, 0.5) is 0 Å². The smallest absolute Gasteiger partial charge is 0.250 e. The lowest BCUT2D eigenvalue weighted by Gasteiger charge is -2.34. The molecule has 0 rings (SSSR count). The maximum atomic E-state index is 5.58. The van der Waals surface area contributed by atoms with Crippen molar-refractivity contribution in [3.63, 3.8) is 0 Å². The zero-order valence-electron chi connectivity index (χ0n) is 8.19. The first-order valence-electron chi connectivity index (χ1n) is 3.83. The van der Waals surface area contributed by atoms with Crippen molar-refractivity contribution < 1.29 is 4.43 Å². The first kappa shape index (κ1) is 10.5. The third-order valence-corrected chi connectivity index (χ3v) is 6.56. The molecular weight excluding hydrogens is 152 g/mol. The summed E-state index contributed by atoms with van der Waals surface area (Å²) in [6.07, 6.45) is 1.58. The molecule has 0 heterocycles. The van der Waals surface area contributed by atoms with E-state index < -0.39 is 8.32 Å². The fourth-order valence-corrected chi connectivity index (χ4v) is 1.10. The molecule has 0 aromatic heterocycles. The summed E-state index contributed by atoms with van der Waals surface area (Å²) in [7, 11) is -1.58. The Kier molecular flexibility index (Phi) is 3.15. The van der Waals surface area contributed by atoms with Crippen LogP contribution >= 0.6 is 0 Å². The minimum Gasteiger partial charge on any atom is -0.543 e. The summed E-state index contributed by atoms with van der Waals surface area (Å²) in [6.45, 7) is 14.5. The molecule has 11 heavy (non-hydrogen) atoms. The Balaban J connectivity index is 4.33. The van der Waals surface area contributed by atoms with E-state index in [9.17, 15) is 0 Å². The second-order valence-electron chi connectivity index (χ2n) is 4.20. The normalized spacial score (nSPS) is 12.1. The molecule has 1 nitrogen and oxygen atoms in total. The lowest BCUT2D eigenvalue weighted by molar-refractivity contribution is 0.431. The highest BCUT2D eigenvalue weighted by Gasteiger charge is 2.37. The third kappa shape index (κ3) is 2.96. The summed E-state index contributed by atoms with van der Waals surface area (Å²) in [5.41, 5.74) is 2.63. The zero-order valence-corrected chi connectivity index (χ0v) is 9.19. The highest BCUT2D eigenvalue weighted by molar-refractivity contribution is 6.74. The van der Waals surface area contributed by atoms with Crippen molar-refractivity contribution in [2.24, 2.45) is 0 Å². The van der Waals surface area contributed by atoms with Gasteiger partial charge in [0.05, 0.1) is 0 Å². The van der Waals surface area contributed by atoms with Gasteiger partial charge in [-0.15, -0.1) is 0 Å². The van der Waals surface area contributed by atoms with E-state index in [0.717, 1.165) is 0 Å². The van der Waals surface area contributed by atoms with Gasteiger partial charge in [0, 0.05) is 0 Å². The van der Waals surface area contributed by atoms with Crippen LogP contribution in [0.25, 0.3) is 0 Å². The molecule has 0 fully saturated rings. The van der Waals surface area contributed by atoms with Gasteiger partial charge in [-0.05, 0) is 18.1 Å². The summed E-state index contributed by atoms with van der Waals surface area (Å²) in [5.74, 6) is 0. The third-order valence-electron chi connectivity index (χ3n) is 2.24. The quantitative estimate of drug-likeness (QED) is 0.351. The van der Waals surface area contributed by atoms with Crippen LogP contribution in [0.2, 0.25) is 18.1 Å². The summed E-state index contributed by atoms with van der Waals surface area (Å²) in [4.78, 5) is 0. The van der Waals surface area contributed by atoms with Crippen LogP contribution in [0.1, 0.15) is 20.8 Å². The van der Waals surface area contributed by atoms with E-state index in [0.29, 0.717) is 0 Å². The Morgan fingerprint density at radius 1 is 1.36 bits per heavy atom. The van der Waals surface area contributed by atoms with Crippen molar-refractivity contribution in [2.75, 3.05) is 0 Å². The fraction of sp³-hybridized carbons (Fsp3) is 0.667. The molecule has 0 aliphatic heterocycles. The summed E-state index contributed by atoms with van der Waals surface area (Å²) < 4.78 is 5.58. The van der Waals surface area contributed by atoms with E-state index >= 15 is 0 Å². The molecular formula is C9H18OSi. The van der Waals surface area contributed by atoms with Gasteiger partial charge in [-0.25, -0.2) is 0 Å². The van der Waals surface area contributed by atoms with Gasteiger partial charge < -0.3 is 4.43 Å². The van der Waals surface area contributed by atoms with Gasteiger partial charge >= 0.3 is 0 Å². The van der Waals surface area contributed by atoms with Gasteiger partial charge in [-0.2, -0.15) is 0 Å². The van der Waals surface area contributed by atoms with Crippen molar-refractivity contribution in [2.45, 2.75) is 38.9 Å². The van der Waals surface area contributed by atoms with Crippen molar-refractivity contribution in [3.8, 4) is 0 Å². The van der Waals surface area contributed by atoms with Gasteiger partial charge in [-0.1, -0.05) is 33.1 Å². The molecule has 0 bridgehead atoms. The molecule has 0 N–H and O–H groups in total. The van der Waals surface area contributed by atoms with E-state index in [4.69, 9.17) is 4.43 Å². The number of rotatable bonds is 2. The van der Waals surface area contributed by atoms with Crippen LogP contribution in [0, 0.1) is 0 Å². The Bertz CT molecular complexity index is 170. The van der Waals surface area contributed by atoms with Gasteiger partial charge in [0.25, 0.3) is 8.32 Å². The molecule has 0 unspecified atom stereocenters. The maximum absolute atomic E-state index is 5.58. The van der Waals surface area contributed by atoms with Crippen molar-refractivity contribution in [1.29, 1.82) is 0 Å². The zero-order chi connectivity index (χ0) is 9.12. The van der Waals surface area contributed by atoms with Gasteiger partial charge in [0.2, 0.25) is 0 Å². The monoisotopic (exact) mass is 170 g/mol. The average Bonchev–Trinajstić information content (AvgIpc) is 1.81.